The van der Waals surface area contributed by atoms with E-state index in [1.165, 1.54) is 0 Å². The Labute approximate surface area is 163 Å². The van der Waals surface area contributed by atoms with E-state index in [2.05, 4.69) is 56.2 Å². The highest BCUT2D eigenvalue weighted by atomic mass is 16.5. The number of aryl methyl sites for hydroxylation is 4. The number of hydrogen-bond acceptors (Lipinski definition) is 3. The van der Waals surface area contributed by atoms with Crippen molar-refractivity contribution >= 4 is 11.6 Å². The van der Waals surface area contributed by atoms with E-state index in [9.17, 15) is 4.79 Å². The highest BCUT2D eigenvalue weighted by Gasteiger charge is 2.21. The molecule has 0 aliphatic rings. The third kappa shape index (κ3) is 5.09. The molecule has 4 heteroatoms. The van der Waals surface area contributed by atoms with Gasteiger partial charge in [0.1, 0.15) is 11.3 Å². The number of carbonyl (C=O) groups is 1. The first-order valence-corrected chi connectivity index (χ1v) is 10.1. The van der Waals surface area contributed by atoms with Crippen LogP contribution in [-0.4, -0.2) is 17.5 Å². The molecule has 0 aliphatic heterocycles. The molecule has 0 saturated heterocycles. The van der Waals surface area contributed by atoms with Crippen LogP contribution in [0.25, 0.3) is 0 Å². The van der Waals surface area contributed by atoms with Crippen LogP contribution in [0, 0.1) is 6.92 Å². The second-order valence-corrected chi connectivity index (χ2v) is 6.79. The van der Waals surface area contributed by atoms with Gasteiger partial charge in [-0.1, -0.05) is 52.3 Å². The van der Waals surface area contributed by atoms with Crippen molar-refractivity contribution < 1.29 is 9.53 Å². The van der Waals surface area contributed by atoms with E-state index in [0.29, 0.717) is 17.9 Å². The Bertz CT molecular complexity index is 762. The van der Waals surface area contributed by atoms with Gasteiger partial charge in [0.05, 0.1) is 12.3 Å². The van der Waals surface area contributed by atoms with Gasteiger partial charge in [0.2, 0.25) is 0 Å². The number of nitrogens with one attached hydrogen (secondary N) is 1. The fourth-order valence-electron chi connectivity index (χ4n) is 3.27. The summed E-state index contributed by atoms with van der Waals surface area (Å²) >= 11 is 0. The summed E-state index contributed by atoms with van der Waals surface area (Å²) < 4.78 is 5.93. The summed E-state index contributed by atoms with van der Waals surface area (Å²) in [6.07, 6.45) is 4.32. The van der Waals surface area contributed by atoms with Gasteiger partial charge in [0.25, 0.3) is 5.91 Å². The molecule has 0 radical (unpaired) electrons. The van der Waals surface area contributed by atoms with Crippen molar-refractivity contribution in [2.45, 2.75) is 66.7 Å². The summed E-state index contributed by atoms with van der Waals surface area (Å²) in [5.41, 5.74) is 5.49. The third-order valence-corrected chi connectivity index (χ3v) is 4.60. The summed E-state index contributed by atoms with van der Waals surface area (Å²) in [5, 5.41) is 3.17. The molecule has 0 aliphatic carbocycles. The second kappa shape index (κ2) is 10.1. The van der Waals surface area contributed by atoms with Crippen LogP contribution in [0.2, 0.25) is 0 Å². The molecule has 146 valence electrons. The minimum atomic E-state index is -0.132. The number of anilines is 1. The van der Waals surface area contributed by atoms with E-state index < -0.39 is 0 Å². The molecule has 1 N–H and O–H groups in total. The molecule has 2 aromatic rings. The molecular formula is C23H32N2O2. The van der Waals surface area contributed by atoms with Crippen molar-refractivity contribution in [3.05, 3.63) is 52.3 Å². The van der Waals surface area contributed by atoms with E-state index in [-0.39, 0.29) is 5.91 Å². The quantitative estimate of drug-likeness (QED) is 0.635. The molecule has 0 saturated carbocycles. The second-order valence-electron chi connectivity index (χ2n) is 6.79. The first-order valence-electron chi connectivity index (χ1n) is 10.1. The maximum Gasteiger partial charge on any atom is 0.261 e. The van der Waals surface area contributed by atoms with Crippen LogP contribution in [0.3, 0.4) is 0 Å². The largest absolute Gasteiger partial charge is 0.493 e. The van der Waals surface area contributed by atoms with Gasteiger partial charge in [-0.25, -0.2) is 0 Å². The number of rotatable bonds is 9. The van der Waals surface area contributed by atoms with Crippen molar-refractivity contribution in [1.29, 1.82) is 0 Å². The van der Waals surface area contributed by atoms with Crippen molar-refractivity contribution in [3.63, 3.8) is 0 Å². The molecule has 4 nitrogen and oxygen atoms in total. The molecule has 0 unspecified atom stereocenters. The summed E-state index contributed by atoms with van der Waals surface area (Å²) in [6.45, 7) is 10.9. The molecule has 0 atom stereocenters. The highest BCUT2D eigenvalue weighted by Crippen LogP contribution is 2.28. The standard InChI is InChI=1S/C23H32N2O2/c1-6-11-19-21(20(27-14-7-2)15-16(5)24-19)23(26)25-22-17(8-3)12-10-13-18(22)9-4/h10,12-13,15H,6-9,11,14H2,1-5H3,(H,25,26). The van der Waals surface area contributed by atoms with Crippen LogP contribution in [0.1, 0.15) is 73.4 Å². The van der Waals surface area contributed by atoms with Crippen LogP contribution in [0.5, 0.6) is 5.75 Å². The normalized spacial score (nSPS) is 10.7. The van der Waals surface area contributed by atoms with E-state index in [1.54, 1.807) is 0 Å². The third-order valence-electron chi connectivity index (χ3n) is 4.60. The number of carbonyl (C=O) groups excluding carboxylic acids is 1. The number of aromatic nitrogens is 1. The lowest BCUT2D eigenvalue weighted by Gasteiger charge is -2.18. The van der Waals surface area contributed by atoms with Crippen molar-refractivity contribution in [1.82, 2.24) is 4.98 Å². The number of pyridine rings is 1. The molecule has 1 aromatic carbocycles. The Morgan fingerprint density at radius 1 is 1.07 bits per heavy atom. The Balaban J connectivity index is 2.49. The predicted octanol–water partition coefficient (Wildman–Crippen LogP) is 5.51. The number of nitrogens with zero attached hydrogens (tertiary/aromatic N) is 1. The molecule has 1 aromatic heterocycles. The monoisotopic (exact) mass is 368 g/mol. The lowest BCUT2D eigenvalue weighted by Crippen LogP contribution is -2.19. The molecular weight excluding hydrogens is 336 g/mol. The summed E-state index contributed by atoms with van der Waals surface area (Å²) in [4.78, 5) is 17.9. The number of benzene rings is 1. The molecule has 1 heterocycles. The van der Waals surface area contributed by atoms with Crippen LogP contribution in [-0.2, 0) is 19.3 Å². The molecule has 0 spiro atoms. The predicted molar refractivity (Wildman–Crippen MR) is 112 cm³/mol. The SMILES string of the molecule is CCCOc1cc(C)nc(CCC)c1C(=O)Nc1c(CC)cccc1CC. The van der Waals surface area contributed by atoms with Gasteiger partial charge in [0.15, 0.2) is 0 Å². The first-order chi connectivity index (χ1) is 13.0. The summed E-state index contributed by atoms with van der Waals surface area (Å²) in [7, 11) is 0. The average molecular weight is 369 g/mol. The van der Waals surface area contributed by atoms with Gasteiger partial charge < -0.3 is 10.1 Å². The smallest absolute Gasteiger partial charge is 0.261 e. The molecule has 2 rings (SSSR count). The number of para-hydroxylation sites is 1. The van der Waals surface area contributed by atoms with Crippen molar-refractivity contribution in [3.8, 4) is 5.75 Å². The topological polar surface area (TPSA) is 51.2 Å². The van der Waals surface area contributed by atoms with Crippen LogP contribution >= 0.6 is 0 Å². The first kappa shape index (κ1) is 20.9. The maximum atomic E-state index is 13.3. The Kier molecular flexibility index (Phi) is 7.83. The number of ether oxygens (including phenoxy) is 1. The molecule has 27 heavy (non-hydrogen) atoms. The minimum Gasteiger partial charge on any atom is -0.493 e. The van der Waals surface area contributed by atoms with Crippen LogP contribution in [0.15, 0.2) is 24.3 Å². The van der Waals surface area contributed by atoms with Gasteiger partial charge in [-0.05, 0) is 43.7 Å². The fraction of sp³-hybridized carbons (Fsp3) is 0.478. The van der Waals surface area contributed by atoms with E-state index >= 15 is 0 Å². The van der Waals surface area contributed by atoms with Gasteiger partial charge in [0, 0.05) is 17.4 Å². The van der Waals surface area contributed by atoms with E-state index in [4.69, 9.17) is 4.74 Å². The van der Waals surface area contributed by atoms with Crippen LogP contribution in [0.4, 0.5) is 5.69 Å². The lowest BCUT2D eigenvalue weighted by molar-refractivity contribution is 0.102. The zero-order valence-corrected chi connectivity index (χ0v) is 17.3. The summed E-state index contributed by atoms with van der Waals surface area (Å²) in [5.74, 6) is 0.505. The Morgan fingerprint density at radius 3 is 2.30 bits per heavy atom. The van der Waals surface area contributed by atoms with Gasteiger partial charge >= 0.3 is 0 Å². The van der Waals surface area contributed by atoms with Gasteiger partial charge in [-0.3, -0.25) is 9.78 Å². The van der Waals surface area contributed by atoms with Crippen molar-refractivity contribution in [2.24, 2.45) is 0 Å². The van der Waals surface area contributed by atoms with Gasteiger partial charge in [-0.15, -0.1) is 0 Å². The zero-order valence-electron chi connectivity index (χ0n) is 17.3. The molecule has 0 bridgehead atoms. The fourth-order valence-corrected chi connectivity index (χ4v) is 3.27. The van der Waals surface area contributed by atoms with Gasteiger partial charge in [-0.2, -0.15) is 0 Å². The molecule has 1 amide bonds. The minimum absolute atomic E-state index is 0.132. The van der Waals surface area contributed by atoms with Crippen LogP contribution < -0.4 is 10.1 Å². The van der Waals surface area contributed by atoms with E-state index in [0.717, 1.165) is 60.3 Å². The maximum absolute atomic E-state index is 13.3. The highest BCUT2D eigenvalue weighted by molar-refractivity contribution is 6.07. The Morgan fingerprint density at radius 2 is 1.74 bits per heavy atom. The van der Waals surface area contributed by atoms with Crippen molar-refractivity contribution in [2.75, 3.05) is 11.9 Å². The Hall–Kier alpha value is -2.36. The van der Waals surface area contributed by atoms with E-state index in [1.807, 2.05) is 13.0 Å². The zero-order chi connectivity index (χ0) is 19.8. The number of hydrogen-bond donors (Lipinski definition) is 1. The number of amides is 1. The average Bonchev–Trinajstić information content (AvgIpc) is 2.66. The molecule has 0 fully saturated rings. The summed E-state index contributed by atoms with van der Waals surface area (Å²) in [6, 6.07) is 8.07. The lowest BCUT2D eigenvalue weighted by atomic mass is 10.0.